The van der Waals surface area contributed by atoms with E-state index in [1.165, 1.54) is 0 Å². The minimum Gasteiger partial charge on any atom is -0.351 e. The molecule has 0 aromatic heterocycles. The number of rotatable bonds is 7. The van der Waals surface area contributed by atoms with Crippen LogP contribution in [0.25, 0.3) is 0 Å². The molecule has 0 heterocycles. The molecule has 102 valence electrons. The SMILES string of the molecule is CCOC(CNC(=O)NCC(F)(F)F)OCC. The summed E-state index contributed by atoms with van der Waals surface area (Å²) in [6.45, 7) is 2.89. The molecular weight excluding hydrogens is 241 g/mol. The third kappa shape index (κ3) is 9.88. The van der Waals surface area contributed by atoms with Crippen molar-refractivity contribution in [3.05, 3.63) is 0 Å². The standard InChI is InChI=1S/C9H17F3N2O3/c1-3-16-7(17-4-2)5-13-8(15)14-6-9(10,11)12/h7H,3-6H2,1-2H3,(H2,13,14,15). The van der Waals surface area contributed by atoms with E-state index >= 15 is 0 Å². The summed E-state index contributed by atoms with van der Waals surface area (Å²) < 4.78 is 45.5. The zero-order valence-corrected chi connectivity index (χ0v) is 9.76. The van der Waals surface area contributed by atoms with Crippen LogP contribution >= 0.6 is 0 Å². The molecule has 2 amide bonds. The maximum atomic E-state index is 11.8. The second kappa shape index (κ2) is 8.13. The molecule has 17 heavy (non-hydrogen) atoms. The van der Waals surface area contributed by atoms with E-state index in [9.17, 15) is 18.0 Å². The van der Waals surface area contributed by atoms with Gasteiger partial charge >= 0.3 is 12.2 Å². The average molecular weight is 258 g/mol. The minimum absolute atomic E-state index is 0.00856. The first-order chi connectivity index (χ1) is 7.89. The second-order valence-corrected chi connectivity index (χ2v) is 3.02. The Bertz CT molecular complexity index is 218. The lowest BCUT2D eigenvalue weighted by atomic mass is 10.5. The van der Waals surface area contributed by atoms with Crippen LogP contribution < -0.4 is 10.6 Å². The maximum absolute atomic E-state index is 11.8. The Balaban J connectivity index is 3.79. The largest absolute Gasteiger partial charge is 0.405 e. The van der Waals surface area contributed by atoms with Gasteiger partial charge in [0.2, 0.25) is 0 Å². The molecule has 0 aromatic carbocycles. The van der Waals surface area contributed by atoms with Gasteiger partial charge in [-0.05, 0) is 13.8 Å². The summed E-state index contributed by atoms with van der Waals surface area (Å²) in [5, 5.41) is 3.90. The highest BCUT2D eigenvalue weighted by Crippen LogP contribution is 2.11. The fourth-order valence-corrected chi connectivity index (χ4v) is 0.957. The van der Waals surface area contributed by atoms with Gasteiger partial charge in [0, 0.05) is 13.2 Å². The van der Waals surface area contributed by atoms with E-state index in [1.807, 2.05) is 0 Å². The molecule has 0 radical (unpaired) electrons. The molecule has 0 saturated carbocycles. The summed E-state index contributed by atoms with van der Waals surface area (Å²) >= 11 is 0. The first-order valence-electron chi connectivity index (χ1n) is 5.20. The Morgan fingerprint density at radius 3 is 2.12 bits per heavy atom. The van der Waals surface area contributed by atoms with Gasteiger partial charge in [0.15, 0.2) is 6.29 Å². The number of carbonyl (C=O) groups excluding carboxylic acids is 1. The highest BCUT2D eigenvalue weighted by molar-refractivity contribution is 5.73. The van der Waals surface area contributed by atoms with E-state index < -0.39 is 25.0 Å². The predicted molar refractivity (Wildman–Crippen MR) is 54.5 cm³/mol. The minimum atomic E-state index is -4.42. The van der Waals surface area contributed by atoms with Gasteiger partial charge in [0.1, 0.15) is 6.54 Å². The van der Waals surface area contributed by atoms with Crippen molar-refractivity contribution in [2.24, 2.45) is 0 Å². The van der Waals surface area contributed by atoms with Crippen molar-refractivity contribution in [3.63, 3.8) is 0 Å². The lowest BCUT2D eigenvalue weighted by molar-refractivity contribution is -0.132. The number of amides is 2. The molecule has 8 heteroatoms. The van der Waals surface area contributed by atoms with E-state index in [4.69, 9.17) is 9.47 Å². The maximum Gasteiger partial charge on any atom is 0.405 e. The van der Waals surface area contributed by atoms with Crippen molar-refractivity contribution >= 4 is 6.03 Å². The molecule has 0 unspecified atom stereocenters. The molecule has 0 fully saturated rings. The molecule has 0 aromatic rings. The van der Waals surface area contributed by atoms with Crippen LogP contribution in [0.1, 0.15) is 13.8 Å². The number of ether oxygens (including phenoxy) is 2. The number of halogens is 3. The van der Waals surface area contributed by atoms with Gasteiger partial charge in [0.25, 0.3) is 0 Å². The molecule has 0 aliphatic rings. The van der Waals surface area contributed by atoms with Crippen molar-refractivity contribution in [1.82, 2.24) is 10.6 Å². The van der Waals surface area contributed by atoms with Crippen LogP contribution in [0.2, 0.25) is 0 Å². The highest BCUT2D eigenvalue weighted by Gasteiger charge is 2.27. The molecule has 0 rings (SSSR count). The molecule has 2 N–H and O–H groups in total. The number of nitrogens with one attached hydrogen (secondary N) is 2. The molecule has 0 aliphatic heterocycles. The van der Waals surface area contributed by atoms with Crippen LogP contribution in [0.15, 0.2) is 0 Å². The molecule has 0 saturated heterocycles. The Morgan fingerprint density at radius 1 is 1.18 bits per heavy atom. The third-order valence-electron chi connectivity index (χ3n) is 1.58. The van der Waals surface area contributed by atoms with E-state index in [0.717, 1.165) is 0 Å². The van der Waals surface area contributed by atoms with Crippen molar-refractivity contribution in [2.75, 3.05) is 26.3 Å². The number of hydrogen-bond acceptors (Lipinski definition) is 3. The van der Waals surface area contributed by atoms with Crippen LogP contribution in [0.3, 0.4) is 0 Å². The predicted octanol–water partition coefficient (Wildman–Crippen LogP) is 1.25. The van der Waals surface area contributed by atoms with Gasteiger partial charge in [-0.1, -0.05) is 0 Å². The second-order valence-electron chi connectivity index (χ2n) is 3.02. The van der Waals surface area contributed by atoms with Gasteiger partial charge < -0.3 is 20.1 Å². The molecule has 5 nitrogen and oxygen atoms in total. The van der Waals surface area contributed by atoms with Crippen LogP contribution in [0, 0.1) is 0 Å². The first-order valence-corrected chi connectivity index (χ1v) is 5.20. The Labute approximate surface area is 97.6 Å². The topological polar surface area (TPSA) is 59.6 Å². The summed E-state index contributed by atoms with van der Waals surface area (Å²) in [5.74, 6) is 0. The normalized spacial score (nSPS) is 11.6. The van der Waals surface area contributed by atoms with E-state index in [2.05, 4.69) is 5.32 Å². The van der Waals surface area contributed by atoms with E-state index in [-0.39, 0.29) is 6.54 Å². The number of urea groups is 1. The van der Waals surface area contributed by atoms with Crippen LogP contribution in [0.5, 0.6) is 0 Å². The lowest BCUT2D eigenvalue weighted by Crippen LogP contribution is -2.44. The Kier molecular flexibility index (Phi) is 7.64. The third-order valence-corrected chi connectivity index (χ3v) is 1.58. The van der Waals surface area contributed by atoms with Crippen molar-refractivity contribution in [2.45, 2.75) is 26.3 Å². The zero-order chi connectivity index (χ0) is 13.3. The zero-order valence-electron chi connectivity index (χ0n) is 9.76. The van der Waals surface area contributed by atoms with Gasteiger partial charge in [-0.3, -0.25) is 0 Å². The fraction of sp³-hybridized carbons (Fsp3) is 0.889. The summed E-state index contributed by atoms with van der Waals surface area (Å²) in [6, 6.07) is -0.910. The van der Waals surface area contributed by atoms with Gasteiger partial charge in [-0.2, -0.15) is 13.2 Å². The van der Waals surface area contributed by atoms with Crippen molar-refractivity contribution in [3.8, 4) is 0 Å². The number of alkyl halides is 3. The van der Waals surface area contributed by atoms with E-state index in [0.29, 0.717) is 13.2 Å². The smallest absolute Gasteiger partial charge is 0.351 e. The van der Waals surface area contributed by atoms with Crippen LogP contribution in [0.4, 0.5) is 18.0 Å². The quantitative estimate of drug-likeness (QED) is 0.676. The van der Waals surface area contributed by atoms with Gasteiger partial charge in [-0.15, -0.1) is 0 Å². The number of carbonyl (C=O) groups is 1. The molecule has 0 atom stereocenters. The monoisotopic (exact) mass is 258 g/mol. The Morgan fingerprint density at radius 2 is 1.71 bits per heavy atom. The van der Waals surface area contributed by atoms with E-state index in [1.54, 1.807) is 19.2 Å². The van der Waals surface area contributed by atoms with Crippen LogP contribution in [-0.4, -0.2) is 44.8 Å². The van der Waals surface area contributed by atoms with Crippen LogP contribution in [-0.2, 0) is 9.47 Å². The van der Waals surface area contributed by atoms with Gasteiger partial charge in [0.05, 0.1) is 6.54 Å². The molecule has 0 bridgehead atoms. The Hall–Kier alpha value is -1.02. The van der Waals surface area contributed by atoms with Crippen molar-refractivity contribution < 1.29 is 27.4 Å². The average Bonchev–Trinajstić information content (AvgIpc) is 2.23. The summed E-state index contributed by atoms with van der Waals surface area (Å²) in [5.41, 5.74) is 0. The molecule has 0 spiro atoms. The first kappa shape index (κ1) is 16.0. The van der Waals surface area contributed by atoms with Gasteiger partial charge in [-0.25, -0.2) is 4.79 Å². The molecule has 0 aliphatic carbocycles. The highest BCUT2D eigenvalue weighted by atomic mass is 19.4. The summed E-state index contributed by atoms with van der Waals surface area (Å²) in [7, 11) is 0. The summed E-state index contributed by atoms with van der Waals surface area (Å²) in [6.07, 6.45) is -5.07. The molecular formula is C9H17F3N2O3. The lowest BCUT2D eigenvalue weighted by Gasteiger charge is -2.17. The number of hydrogen-bond donors (Lipinski definition) is 2. The fourth-order valence-electron chi connectivity index (χ4n) is 0.957. The summed E-state index contributed by atoms with van der Waals surface area (Å²) in [4.78, 5) is 11.0. The van der Waals surface area contributed by atoms with Crippen molar-refractivity contribution in [1.29, 1.82) is 0 Å².